The Balaban J connectivity index is 0.00000490. The van der Waals surface area contributed by atoms with Gasteiger partial charge in [-0.3, -0.25) is 4.68 Å². The van der Waals surface area contributed by atoms with Gasteiger partial charge in [0.05, 0.1) is 22.4 Å². The van der Waals surface area contributed by atoms with E-state index in [2.05, 4.69) is 187 Å². The number of fused-ring (bicyclic) bond motifs is 6. The molecule has 6 nitrogen and oxygen atoms in total. The van der Waals surface area contributed by atoms with Crippen LogP contribution in [-0.2, 0) is 26.5 Å². The topological polar surface area (TPSA) is 49.8 Å². The number of nitrogens with zero attached hydrogens (tertiary/aromatic N) is 5. The summed E-state index contributed by atoms with van der Waals surface area (Å²) < 4.78 is 13.6. The molecule has 0 saturated carbocycles. The molecular weight excluding hydrogens is 942 g/mol. The number of hydrogen-bond acceptors (Lipinski definition) is 3. The maximum atomic E-state index is 6.84. The molecule has 0 spiro atoms. The van der Waals surface area contributed by atoms with Crippen LogP contribution in [0.15, 0.2) is 115 Å². The van der Waals surface area contributed by atoms with Crippen LogP contribution in [0.5, 0.6) is 11.5 Å². The maximum Gasteiger partial charge on any atom is 2.00 e. The molecule has 0 atom stereocenters. The summed E-state index contributed by atoms with van der Waals surface area (Å²) in [5, 5.41) is 9.67. The van der Waals surface area contributed by atoms with E-state index in [-0.39, 0.29) is 26.5 Å². The first-order chi connectivity index (χ1) is 29.3. The number of aromatic nitrogens is 5. The van der Waals surface area contributed by atoms with E-state index in [4.69, 9.17) is 14.8 Å². The Morgan fingerprint density at radius 2 is 1.23 bits per heavy atom. The average Bonchev–Trinajstić information content (AvgIpc) is 3.90. The summed E-state index contributed by atoms with van der Waals surface area (Å²) in [5.74, 6) is 2.04. The molecule has 0 aliphatic carbocycles. The van der Waals surface area contributed by atoms with Crippen molar-refractivity contribution in [2.45, 2.75) is 74.7 Å². The molecule has 0 unspecified atom stereocenters. The molecule has 7 heteroatoms. The van der Waals surface area contributed by atoms with Gasteiger partial charge in [-0.15, -0.1) is 41.3 Å². The number of hydrogen-bond donors (Lipinski definition) is 0. The van der Waals surface area contributed by atoms with Gasteiger partial charge < -0.3 is 13.9 Å². The van der Waals surface area contributed by atoms with Gasteiger partial charge in [0.15, 0.2) is 0 Å². The largest absolute Gasteiger partial charge is 2.00 e. The van der Waals surface area contributed by atoms with E-state index in [0.29, 0.717) is 11.5 Å². The first-order valence-corrected chi connectivity index (χ1v) is 21.1. The van der Waals surface area contributed by atoms with Crippen LogP contribution >= 0.6 is 0 Å². The predicted molar refractivity (Wildman–Crippen MR) is 251 cm³/mol. The van der Waals surface area contributed by atoms with E-state index >= 15 is 0 Å². The number of pyridine rings is 1. The minimum absolute atomic E-state index is 0. The first-order valence-electron chi connectivity index (χ1n) is 21.1. The van der Waals surface area contributed by atoms with Gasteiger partial charge in [0.1, 0.15) is 5.82 Å². The Bertz CT molecular complexity index is 3340. The molecule has 0 saturated heterocycles. The van der Waals surface area contributed by atoms with E-state index in [0.717, 1.165) is 67.1 Å². The van der Waals surface area contributed by atoms with Crippen LogP contribution in [0.25, 0.3) is 60.8 Å². The maximum absolute atomic E-state index is 6.84. The summed E-state index contributed by atoms with van der Waals surface area (Å²) in [4.78, 5) is 5.24. The summed E-state index contributed by atoms with van der Waals surface area (Å²) in [7, 11) is 0. The quantitative estimate of drug-likeness (QED) is 0.150. The Morgan fingerprint density at radius 3 is 1.89 bits per heavy atom. The molecule has 0 N–H and O–H groups in total. The van der Waals surface area contributed by atoms with Crippen molar-refractivity contribution >= 4 is 43.6 Å². The van der Waals surface area contributed by atoms with Gasteiger partial charge in [0.25, 0.3) is 0 Å². The molecule has 0 amide bonds. The Hall–Kier alpha value is -6.23. The summed E-state index contributed by atoms with van der Waals surface area (Å²) in [6.45, 7) is 21.9. The molecule has 10 rings (SSSR count). The Kier molecular flexibility index (Phi) is 10.1. The van der Waals surface area contributed by atoms with Crippen molar-refractivity contribution in [2.75, 3.05) is 0 Å². The fourth-order valence-corrected chi connectivity index (χ4v) is 9.65. The third-order valence-corrected chi connectivity index (χ3v) is 12.8. The smallest absolute Gasteiger partial charge is 0.509 e. The molecule has 0 aliphatic heterocycles. The van der Waals surface area contributed by atoms with Crippen LogP contribution in [0.2, 0.25) is 0 Å². The van der Waals surface area contributed by atoms with E-state index in [1.165, 1.54) is 49.6 Å². The zero-order valence-corrected chi connectivity index (χ0v) is 39.2. The molecule has 6 aromatic carbocycles. The van der Waals surface area contributed by atoms with E-state index in [1.807, 2.05) is 23.9 Å². The standard InChI is InChI=1S/C55H49N5O.Pt/c1-32-20-22-34(3)52-49(32)50-33(2)21-23-35(4)53(50)59(52)51-36(5)31-56-54(39(51)8)58-47-19-15-14-18-45(47)46-25-24-43(30-48(46)58)61-44-28-41(55(9,10)40-16-12-11-13-17-40)27-42(29-44)60-38(7)26-37(6)57-60;/h11-28,31H,1-10H3;/q-2;+2. The molecule has 4 aromatic heterocycles. The van der Waals surface area contributed by atoms with Crippen molar-refractivity contribution in [2.24, 2.45) is 0 Å². The monoisotopic (exact) mass is 990 g/mol. The Morgan fingerprint density at radius 1 is 0.581 bits per heavy atom. The molecule has 0 aliphatic rings. The minimum Gasteiger partial charge on any atom is -0.509 e. The van der Waals surface area contributed by atoms with Crippen LogP contribution in [0.1, 0.15) is 69.7 Å². The van der Waals surface area contributed by atoms with Gasteiger partial charge in [0.2, 0.25) is 0 Å². The number of benzene rings is 6. The molecule has 0 bridgehead atoms. The number of rotatable bonds is 7. The van der Waals surface area contributed by atoms with Gasteiger partial charge in [0, 0.05) is 45.2 Å². The van der Waals surface area contributed by atoms with Gasteiger partial charge in [-0.1, -0.05) is 92.2 Å². The van der Waals surface area contributed by atoms with Crippen LogP contribution in [0, 0.1) is 67.5 Å². The molecular formula is C55H49N5OPt. The Labute approximate surface area is 378 Å². The molecule has 0 radical (unpaired) electrons. The summed E-state index contributed by atoms with van der Waals surface area (Å²) in [6.07, 6.45) is 2.03. The normalized spacial score (nSPS) is 11.9. The van der Waals surface area contributed by atoms with Crippen molar-refractivity contribution in [1.29, 1.82) is 0 Å². The second-order valence-corrected chi connectivity index (χ2v) is 17.4. The van der Waals surface area contributed by atoms with Crippen LogP contribution in [-0.4, -0.2) is 23.9 Å². The van der Waals surface area contributed by atoms with Gasteiger partial charge in [-0.05, 0) is 117 Å². The number of aryl methyl sites for hydroxylation is 7. The van der Waals surface area contributed by atoms with E-state index in [9.17, 15) is 0 Å². The molecule has 0 fully saturated rings. The molecule has 4 heterocycles. The zero-order valence-electron chi connectivity index (χ0n) is 36.9. The molecule has 62 heavy (non-hydrogen) atoms. The second-order valence-electron chi connectivity index (χ2n) is 17.4. The second kappa shape index (κ2) is 15.3. The molecule has 10 aromatic rings. The molecule has 310 valence electrons. The third-order valence-electron chi connectivity index (χ3n) is 12.8. The zero-order chi connectivity index (χ0) is 42.5. The van der Waals surface area contributed by atoms with E-state index < -0.39 is 0 Å². The van der Waals surface area contributed by atoms with Crippen molar-refractivity contribution in [3.05, 3.63) is 183 Å². The van der Waals surface area contributed by atoms with Crippen LogP contribution in [0.3, 0.4) is 0 Å². The van der Waals surface area contributed by atoms with Gasteiger partial charge in [-0.2, -0.15) is 11.2 Å². The van der Waals surface area contributed by atoms with E-state index in [1.54, 1.807) is 0 Å². The predicted octanol–water partition coefficient (Wildman–Crippen LogP) is 13.6. The summed E-state index contributed by atoms with van der Waals surface area (Å²) in [6, 6.07) is 46.0. The summed E-state index contributed by atoms with van der Waals surface area (Å²) >= 11 is 0. The van der Waals surface area contributed by atoms with Crippen molar-refractivity contribution in [1.82, 2.24) is 23.9 Å². The van der Waals surface area contributed by atoms with Crippen LogP contribution < -0.4 is 4.74 Å². The third kappa shape index (κ3) is 6.42. The van der Waals surface area contributed by atoms with Crippen molar-refractivity contribution < 1.29 is 25.8 Å². The summed E-state index contributed by atoms with van der Waals surface area (Å²) in [5.41, 5.74) is 17.6. The fraction of sp³-hybridized carbons (Fsp3) is 0.200. The van der Waals surface area contributed by atoms with Gasteiger partial charge in [-0.25, -0.2) is 4.98 Å². The number of para-hydroxylation sites is 1. The SMILES string of the molecule is Cc1cc(C)n(-c2[c-]c(Oc3[c-]c4c(cc3)c3ccccc3n4-c3ncc(C)c(-n4c5c(C)ccc(C)c5c5c(C)ccc(C)c54)c3C)cc(C(C)(C)c3ccccc3)c2)n1.[Pt+2]. The van der Waals surface area contributed by atoms with Gasteiger partial charge >= 0.3 is 21.1 Å². The fourth-order valence-electron chi connectivity index (χ4n) is 9.65. The van der Waals surface area contributed by atoms with Crippen LogP contribution in [0.4, 0.5) is 0 Å². The van der Waals surface area contributed by atoms with Crippen molar-refractivity contribution in [3.63, 3.8) is 0 Å². The minimum atomic E-state index is -0.323. The van der Waals surface area contributed by atoms with Crippen molar-refractivity contribution in [3.8, 4) is 28.7 Å². The average molecular weight is 991 g/mol. The first kappa shape index (κ1) is 41.1. The number of ether oxygens (including phenoxy) is 1.